The van der Waals surface area contributed by atoms with Crippen molar-refractivity contribution in [2.24, 2.45) is 0 Å². The Morgan fingerprint density at radius 2 is 1.92 bits per heavy atom. The summed E-state index contributed by atoms with van der Waals surface area (Å²) in [6.45, 7) is 1.43. The van der Waals surface area contributed by atoms with Crippen LogP contribution in [-0.2, 0) is 22.4 Å². The smallest absolute Gasteiger partial charge is 0.227 e. The number of likely N-dealkylation sites (tertiary alicyclic amines) is 1. The first kappa shape index (κ1) is 18.5. The molecule has 0 N–H and O–H groups in total. The van der Waals surface area contributed by atoms with Crippen LogP contribution in [0.1, 0.15) is 29.5 Å². The van der Waals surface area contributed by atoms with Gasteiger partial charge in [0, 0.05) is 19.2 Å². The largest absolute Gasteiger partial charge is 0.496 e. The Balaban J connectivity index is 1.75. The molecule has 1 heterocycles. The van der Waals surface area contributed by atoms with Crippen molar-refractivity contribution in [3.63, 3.8) is 0 Å². The molecule has 0 aromatic heterocycles. The summed E-state index contributed by atoms with van der Waals surface area (Å²) in [7, 11) is 3.35. The highest BCUT2D eigenvalue weighted by Crippen LogP contribution is 2.25. The second kappa shape index (κ2) is 8.86. The van der Waals surface area contributed by atoms with Crippen molar-refractivity contribution in [1.29, 1.82) is 0 Å². The molecule has 0 spiro atoms. The van der Waals surface area contributed by atoms with Crippen molar-refractivity contribution in [1.82, 2.24) is 4.90 Å². The molecule has 1 amide bonds. The normalized spacial score (nSPS) is 16.7. The Kier molecular flexibility index (Phi) is 6.29. The van der Waals surface area contributed by atoms with E-state index in [9.17, 15) is 4.79 Å². The number of ether oxygens (including phenoxy) is 2. The fourth-order valence-electron chi connectivity index (χ4n) is 3.71. The van der Waals surface area contributed by atoms with Crippen molar-refractivity contribution in [3.05, 3.63) is 65.2 Å². The molecule has 1 saturated heterocycles. The first-order valence-electron chi connectivity index (χ1n) is 9.19. The molecule has 1 fully saturated rings. The van der Waals surface area contributed by atoms with E-state index < -0.39 is 0 Å². The lowest BCUT2D eigenvalue weighted by molar-refractivity contribution is -0.132. The Labute approximate surface area is 155 Å². The van der Waals surface area contributed by atoms with Crippen LogP contribution in [0.4, 0.5) is 0 Å². The molecule has 2 aromatic carbocycles. The molecular formula is C22H27NO3. The number of carbonyl (C=O) groups excluding carboxylic acids is 1. The average molecular weight is 353 g/mol. The van der Waals surface area contributed by atoms with Crippen molar-refractivity contribution in [3.8, 4) is 5.75 Å². The molecule has 138 valence electrons. The van der Waals surface area contributed by atoms with E-state index in [1.54, 1.807) is 14.2 Å². The van der Waals surface area contributed by atoms with Crippen molar-refractivity contribution < 1.29 is 14.3 Å². The highest BCUT2D eigenvalue weighted by atomic mass is 16.5. The number of hydrogen-bond acceptors (Lipinski definition) is 3. The Morgan fingerprint density at radius 1 is 1.12 bits per heavy atom. The molecule has 26 heavy (non-hydrogen) atoms. The number of methoxy groups -OCH3 is 2. The summed E-state index contributed by atoms with van der Waals surface area (Å²) >= 11 is 0. The summed E-state index contributed by atoms with van der Waals surface area (Å²) < 4.78 is 10.8. The van der Waals surface area contributed by atoms with Gasteiger partial charge in [0.2, 0.25) is 5.91 Å². The summed E-state index contributed by atoms with van der Waals surface area (Å²) in [5, 5.41) is 0. The van der Waals surface area contributed by atoms with E-state index in [1.807, 2.05) is 29.2 Å². The molecule has 1 aliphatic rings. The lowest BCUT2D eigenvalue weighted by Crippen LogP contribution is -2.39. The van der Waals surface area contributed by atoms with Gasteiger partial charge in [0.1, 0.15) is 5.75 Å². The number of rotatable bonds is 7. The molecule has 0 unspecified atom stereocenters. The monoisotopic (exact) mass is 353 g/mol. The third-order valence-electron chi connectivity index (χ3n) is 4.99. The third-order valence-corrected chi connectivity index (χ3v) is 4.99. The maximum Gasteiger partial charge on any atom is 0.227 e. The fourth-order valence-corrected chi connectivity index (χ4v) is 3.71. The Bertz CT molecular complexity index is 729. The highest BCUT2D eigenvalue weighted by molar-refractivity contribution is 5.80. The van der Waals surface area contributed by atoms with E-state index in [2.05, 4.69) is 24.3 Å². The zero-order chi connectivity index (χ0) is 18.4. The van der Waals surface area contributed by atoms with Gasteiger partial charge in [-0.25, -0.2) is 0 Å². The van der Waals surface area contributed by atoms with Crippen LogP contribution in [0.3, 0.4) is 0 Å². The summed E-state index contributed by atoms with van der Waals surface area (Å²) in [6.07, 6.45) is 3.28. The summed E-state index contributed by atoms with van der Waals surface area (Å²) in [6, 6.07) is 16.7. The zero-order valence-electron chi connectivity index (χ0n) is 15.6. The maximum atomic E-state index is 12.9. The van der Waals surface area contributed by atoms with E-state index >= 15 is 0 Å². The minimum Gasteiger partial charge on any atom is -0.496 e. The van der Waals surface area contributed by atoms with Gasteiger partial charge >= 0.3 is 0 Å². The second-order valence-corrected chi connectivity index (χ2v) is 6.82. The molecule has 2 aromatic rings. The summed E-state index contributed by atoms with van der Waals surface area (Å²) in [4.78, 5) is 14.8. The van der Waals surface area contributed by atoms with E-state index in [-0.39, 0.29) is 11.9 Å². The molecule has 1 atom stereocenters. The number of nitrogens with zero attached hydrogens (tertiary/aromatic N) is 1. The van der Waals surface area contributed by atoms with Gasteiger partial charge in [-0.1, -0.05) is 42.5 Å². The predicted octanol–water partition coefficient (Wildman–Crippen LogP) is 3.47. The standard InChI is InChI=1S/C22H27NO3/c1-25-16-20-9-6-12-23(20)22(24)15-19-14-18(10-11-21(19)26-2)13-17-7-4-3-5-8-17/h3-5,7-8,10-11,14,20H,6,9,12-13,15-16H2,1-2H3/t20-/m0/s1. The van der Waals surface area contributed by atoms with Crippen LogP contribution < -0.4 is 4.74 Å². The topological polar surface area (TPSA) is 38.8 Å². The van der Waals surface area contributed by atoms with Gasteiger partial charge in [0.15, 0.2) is 0 Å². The number of amides is 1. The minimum absolute atomic E-state index is 0.153. The molecule has 0 aliphatic carbocycles. The van der Waals surface area contributed by atoms with Crippen LogP contribution in [0.2, 0.25) is 0 Å². The lowest BCUT2D eigenvalue weighted by Gasteiger charge is -2.24. The summed E-state index contributed by atoms with van der Waals surface area (Å²) in [5.74, 6) is 0.928. The van der Waals surface area contributed by atoms with E-state index in [0.29, 0.717) is 13.0 Å². The number of hydrogen-bond donors (Lipinski definition) is 0. The first-order chi connectivity index (χ1) is 12.7. The molecule has 0 bridgehead atoms. The quantitative estimate of drug-likeness (QED) is 0.765. The fraction of sp³-hybridized carbons (Fsp3) is 0.409. The van der Waals surface area contributed by atoms with Crippen LogP contribution in [0.5, 0.6) is 5.75 Å². The van der Waals surface area contributed by atoms with Gasteiger partial charge in [0.05, 0.1) is 26.2 Å². The maximum absolute atomic E-state index is 12.9. The Hall–Kier alpha value is -2.33. The average Bonchev–Trinajstić information content (AvgIpc) is 3.12. The number of benzene rings is 2. The molecule has 0 radical (unpaired) electrons. The SMILES string of the molecule is COC[C@@H]1CCCN1C(=O)Cc1cc(Cc2ccccc2)ccc1OC. The molecule has 4 heteroatoms. The van der Waals surface area contributed by atoms with Gasteiger partial charge < -0.3 is 14.4 Å². The van der Waals surface area contributed by atoms with E-state index in [0.717, 1.165) is 37.1 Å². The Morgan fingerprint density at radius 3 is 2.65 bits per heavy atom. The van der Waals surface area contributed by atoms with Gasteiger partial charge in [-0.15, -0.1) is 0 Å². The minimum atomic E-state index is 0.153. The van der Waals surface area contributed by atoms with E-state index in [1.165, 1.54) is 11.1 Å². The van der Waals surface area contributed by atoms with Crippen molar-refractivity contribution >= 4 is 5.91 Å². The van der Waals surface area contributed by atoms with E-state index in [4.69, 9.17) is 9.47 Å². The van der Waals surface area contributed by atoms with Crippen LogP contribution in [0, 0.1) is 0 Å². The van der Waals surface area contributed by atoms with Crippen LogP contribution >= 0.6 is 0 Å². The lowest BCUT2D eigenvalue weighted by atomic mass is 10.0. The number of carbonyl (C=O) groups is 1. The van der Waals surface area contributed by atoms with Gasteiger partial charge in [-0.2, -0.15) is 0 Å². The predicted molar refractivity (Wildman–Crippen MR) is 103 cm³/mol. The van der Waals surface area contributed by atoms with Gasteiger partial charge in [0.25, 0.3) is 0 Å². The third kappa shape index (κ3) is 4.44. The van der Waals surface area contributed by atoms with Gasteiger partial charge in [-0.3, -0.25) is 4.79 Å². The van der Waals surface area contributed by atoms with Crippen LogP contribution in [0.25, 0.3) is 0 Å². The van der Waals surface area contributed by atoms with Crippen molar-refractivity contribution in [2.45, 2.75) is 31.7 Å². The second-order valence-electron chi connectivity index (χ2n) is 6.82. The van der Waals surface area contributed by atoms with Crippen LogP contribution in [0.15, 0.2) is 48.5 Å². The molecule has 3 rings (SSSR count). The van der Waals surface area contributed by atoms with Crippen LogP contribution in [-0.4, -0.2) is 44.2 Å². The first-order valence-corrected chi connectivity index (χ1v) is 9.19. The van der Waals surface area contributed by atoms with Gasteiger partial charge in [-0.05, 0) is 36.5 Å². The summed E-state index contributed by atoms with van der Waals surface area (Å²) in [5.41, 5.74) is 3.40. The molecule has 0 saturated carbocycles. The molecular weight excluding hydrogens is 326 g/mol. The van der Waals surface area contributed by atoms with Crippen molar-refractivity contribution in [2.75, 3.05) is 27.4 Å². The zero-order valence-corrected chi connectivity index (χ0v) is 15.6. The molecule has 4 nitrogen and oxygen atoms in total. The molecule has 1 aliphatic heterocycles. The highest BCUT2D eigenvalue weighted by Gasteiger charge is 2.28.